The highest BCUT2D eigenvalue weighted by Crippen LogP contribution is 2.29. The van der Waals surface area contributed by atoms with Crippen molar-refractivity contribution in [2.24, 2.45) is 0 Å². The zero-order chi connectivity index (χ0) is 9.86. The first-order valence-corrected chi connectivity index (χ1v) is 6.32. The molecule has 82 valence electrons. The summed E-state index contributed by atoms with van der Waals surface area (Å²) < 4.78 is 0. The van der Waals surface area contributed by atoms with Gasteiger partial charge in [-0.15, -0.1) is 0 Å². The van der Waals surface area contributed by atoms with Crippen molar-refractivity contribution >= 4 is 0 Å². The van der Waals surface area contributed by atoms with E-state index >= 15 is 0 Å². The summed E-state index contributed by atoms with van der Waals surface area (Å²) in [4.78, 5) is 2.58. The largest absolute Gasteiger partial charge is 0.311 e. The summed E-state index contributed by atoms with van der Waals surface area (Å²) in [6.07, 6.45) is 8.44. The minimum absolute atomic E-state index is 0.530. The molecule has 0 aromatic carbocycles. The Labute approximate surface area is 88.1 Å². The van der Waals surface area contributed by atoms with E-state index in [1.54, 1.807) is 0 Å². The molecule has 2 aliphatic rings. The van der Waals surface area contributed by atoms with Gasteiger partial charge in [0.1, 0.15) is 0 Å². The molecule has 2 rings (SSSR count). The van der Waals surface area contributed by atoms with Crippen molar-refractivity contribution in [3.8, 4) is 0 Å². The molecular formula is C12H24N2. The predicted octanol–water partition coefficient (Wildman–Crippen LogP) is 2.00. The number of hydrogen-bond acceptors (Lipinski definition) is 2. The monoisotopic (exact) mass is 196 g/mol. The molecule has 0 aromatic rings. The van der Waals surface area contributed by atoms with Crippen molar-refractivity contribution in [3.63, 3.8) is 0 Å². The van der Waals surface area contributed by atoms with E-state index in [4.69, 9.17) is 0 Å². The average molecular weight is 196 g/mol. The van der Waals surface area contributed by atoms with Gasteiger partial charge in [-0.1, -0.05) is 19.8 Å². The lowest BCUT2D eigenvalue weighted by molar-refractivity contribution is 0.136. The molecular weight excluding hydrogens is 172 g/mol. The van der Waals surface area contributed by atoms with Crippen LogP contribution in [0.25, 0.3) is 0 Å². The number of likely N-dealkylation sites (tertiary alicyclic amines) is 1. The second-order valence-corrected chi connectivity index (χ2v) is 4.95. The zero-order valence-corrected chi connectivity index (χ0v) is 9.52. The third-order valence-corrected chi connectivity index (χ3v) is 4.09. The Balaban J connectivity index is 1.89. The smallest absolute Gasteiger partial charge is 0.0205 e. The molecule has 2 fully saturated rings. The fourth-order valence-electron chi connectivity index (χ4n) is 2.93. The highest BCUT2D eigenvalue weighted by Gasteiger charge is 2.33. The van der Waals surface area contributed by atoms with E-state index in [1.165, 1.54) is 64.7 Å². The standard InChI is InChI=1S/C12H24N2/c1-2-14-10-7-12(8-11-14)6-4-3-5-9-13-12/h13H,2-11H2,1H3. The van der Waals surface area contributed by atoms with Crippen LogP contribution in [0.3, 0.4) is 0 Å². The van der Waals surface area contributed by atoms with Crippen molar-refractivity contribution in [2.45, 2.75) is 51.0 Å². The van der Waals surface area contributed by atoms with Gasteiger partial charge in [-0.3, -0.25) is 0 Å². The van der Waals surface area contributed by atoms with Gasteiger partial charge >= 0.3 is 0 Å². The maximum atomic E-state index is 3.81. The van der Waals surface area contributed by atoms with Crippen molar-refractivity contribution in [1.29, 1.82) is 0 Å². The molecule has 14 heavy (non-hydrogen) atoms. The van der Waals surface area contributed by atoms with Gasteiger partial charge in [0.2, 0.25) is 0 Å². The zero-order valence-electron chi connectivity index (χ0n) is 9.52. The predicted molar refractivity (Wildman–Crippen MR) is 60.5 cm³/mol. The molecule has 0 saturated carbocycles. The van der Waals surface area contributed by atoms with Gasteiger partial charge in [-0.25, -0.2) is 0 Å². The Morgan fingerprint density at radius 2 is 1.86 bits per heavy atom. The summed E-state index contributed by atoms with van der Waals surface area (Å²) in [6.45, 7) is 7.38. The van der Waals surface area contributed by atoms with Crippen LogP contribution in [0.15, 0.2) is 0 Å². The highest BCUT2D eigenvalue weighted by molar-refractivity contribution is 4.94. The molecule has 2 heterocycles. The Morgan fingerprint density at radius 1 is 1.07 bits per heavy atom. The lowest BCUT2D eigenvalue weighted by atomic mass is 9.83. The third kappa shape index (κ3) is 2.29. The van der Waals surface area contributed by atoms with Crippen LogP contribution < -0.4 is 5.32 Å². The normalized spacial score (nSPS) is 28.9. The molecule has 2 nitrogen and oxygen atoms in total. The summed E-state index contributed by atoms with van der Waals surface area (Å²) in [7, 11) is 0. The van der Waals surface area contributed by atoms with Crippen molar-refractivity contribution in [1.82, 2.24) is 10.2 Å². The molecule has 0 atom stereocenters. The van der Waals surface area contributed by atoms with Crippen LogP contribution in [0.4, 0.5) is 0 Å². The van der Waals surface area contributed by atoms with E-state index in [9.17, 15) is 0 Å². The van der Waals surface area contributed by atoms with Crippen molar-refractivity contribution in [3.05, 3.63) is 0 Å². The molecule has 2 saturated heterocycles. The summed E-state index contributed by atoms with van der Waals surface area (Å²) in [5.74, 6) is 0. The van der Waals surface area contributed by atoms with Gasteiger partial charge in [0.15, 0.2) is 0 Å². The number of nitrogens with zero attached hydrogens (tertiary/aromatic N) is 1. The maximum Gasteiger partial charge on any atom is 0.0205 e. The van der Waals surface area contributed by atoms with Gasteiger partial charge in [-0.2, -0.15) is 0 Å². The topological polar surface area (TPSA) is 15.3 Å². The molecule has 2 heteroatoms. The number of hydrogen-bond donors (Lipinski definition) is 1. The number of piperidine rings is 1. The molecule has 0 unspecified atom stereocenters. The fourth-order valence-corrected chi connectivity index (χ4v) is 2.93. The molecule has 0 radical (unpaired) electrons. The second kappa shape index (κ2) is 4.63. The van der Waals surface area contributed by atoms with Crippen LogP contribution in [-0.4, -0.2) is 36.6 Å². The quantitative estimate of drug-likeness (QED) is 0.690. The van der Waals surface area contributed by atoms with Gasteiger partial charge in [-0.05, 0) is 51.9 Å². The molecule has 0 aliphatic carbocycles. The van der Waals surface area contributed by atoms with E-state index in [0.717, 1.165) is 0 Å². The van der Waals surface area contributed by atoms with E-state index in [1.807, 2.05) is 0 Å². The Kier molecular flexibility index (Phi) is 3.45. The van der Waals surface area contributed by atoms with Crippen LogP contribution in [0.5, 0.6) is 0 Å². The number of nitrogens with one attached hydrogen (secondary N) is 1. The molecule has 0 amide bonds. The highest BCUT2D eigenvalue weighted by atomic mass is 15.1. The van der Waals surface area contributed by atoms with E-state index in [2.05, 4.69) is 17.1 Å². The first-order chi connectivity index (χ1) is 6.85. The number of rotatable bonds is 1. The van der Waals surface area contributed by atoms with Crippen molar-refractivity contribution in [2.75, 3.05) is 26.2 Å². The van der Waals surface area contributed by atoms with Crippen LogP contribution in [-0.2, 0) is 0 Å². The summed E-state index contributed by atoms with van der Waals surface area (Å²) in [6, 6.07) is 0. The molecule has 0 bridgehead atoms. The van der Waals surface area contributed by atoms with Gasteiger partial charge in [0.05, 0.1) is 0 Å². The van der Waals surface area contributed by atoms with Crippen LogP contribution in [0.2, 0.25) is 0 Å². The summed E-state index contributed by atoms with van der Waals surface area (Å²) in [5, 5.41) is 3.81. The second-order valence-electron chi connectivity index (χ2n) is 4.95. The van der Waals surface area contributed by atoms with Crippen molar-refractivity contribution < 1.29 is 0 Å². The Bertz CT molecular complexity index is 161. The molecule has 2 aliphatic heterocycles. The SMILES string of the molecule is CCN1CCC2(CCCCCN2)CC1. The van der Waals surface area contributed by atoms with E-state index in [0.29, 0.717) is 5.54 Å². The lowest BCUT2D eigenvalue weighted by Crippen LogP contribution is -2.52. The maximum absolute atomic E-state index is 3.81. The van der Waals surface area contributed by atoms with Gasteiger partial charge in [0, 0.05) is 5.54 Å². The molecule has 0 aromatic heterocycles. The van der Waals surface area contributed by atoms with Gasteiger partial charge in [0.25, 0.3) is 0 Å². The average Bonchev–Trinajstić information content (AvgIpc) is 2.46. The third-order valence-electron chi connectivity index (χ3n) is 4.09. The van der Waals surface area contributed by atoms with Crippen LogP contribution in [0.1, 0.15) is 45.4 Å². The lowest BCUT2D eigenvalue weighted by Gasteiger charge is -2.41. The van der Waals surface area contributed by atoms with E-state index < -0.39 is 0 Å². The fraction of sp³-hybridized carbons (Fsp3) is 1.00. The first-order valence-electron chi connectivity index (χ1n) is 6.32. The van der Waals surface area contributed by atoms with Crippen LogP contribution >= 0.6 is 0 Å². The van der Waals surface area contributed by atoms with Crippen LogP contribution in [0, 0.1) is 0 Å². The molecule has 1 spiro atoms. The Hall–Kier alpha value is -0.0800. The minimum Gasteiger partial charge on any atom is -0.311 e. The molecule has 1 N–H and O–H groups in total. The van der Waals surface area contributed by atoms with Gasteiger partial charge < -0.3 is 10.2 Å². The summed E-state index contributed by atoms with van der Waals surface area (Å²) >= 11 is 0. The van der Waals surface area contributed by atoms with E-state index in [-0.39, 0.29) is 0 Å². The summed E-state index contributed by atoms with van der Waals surface area (Å²) in [5.41, 5.74) is 0.530. The first kappa shape index (κ1) is 10.4. The minimum atomic E-state index is 0.530. The Morgan fingerprint density at radius 3 is 2.57 bits per heavy atom.